The summed E-state index contributed by atoms with van der Waals surface area (Å²) < 4.78 is 36.2. The highest BCUT2D eigenvalue weighted by atomic mass is 32.2. The maximum atomic E-state index is 13.0. The van der Waals surface area contributed by atoms with Gasteiger partial charge in [0, 0.05) is 31.2 Å². The van der Waals surface area contributed by atoms with E-state index in [2.05, 4.69) is 15.3 Å². The predicted molar refractivity (Wildman–Crippen MR) is 110 cm³/mol. The zero-order valence-corrected chi connectivity index (χ0v) is 16.9. The highest BCUT2D eigenvalue weighted by Crippen LogP contribution is 2.40. The smallest absolute Gasteiger partial charge is 0.290 e. The van der Waals surface area contributed by atoms with Crippen LogP contribution in [-0.2, 0) is 16.3 Å². The Morgan fingerprint density at radius 3 is 2.66 bits per heavy atom. The van der Waals surface area contributed by atoms with E-state index in [-0.39, 0.29) is 22.9 Å². The van der Waals surface area contributed by atoms with Gasteiger partial charge in [-0.05, 0) is 43.5 Å². The van der Waals surface area contributed by atoms with Crippen LogP contribution in [0, 0.1) is 5.82 Å². The second-order valence-corrected chi connectivity index (χ2v) is 10.0. The van der Waals surface area contributed by atoms with Gasteiger partial charge >= 0.3 is 0 Å². The molecule has 156 valence electrons. The van der Waals surface area contributed by atoms with E-state index >= 15 is 0 Å². The lowest BCUT2D eigenvalue weighted by molar-refractivity contribution is 0.585. The summed E-state index contributed by atoms with van der Waals surface area (Å²) >= 11 is 0. The lowest BCUT2D eigenvalue weighted by Crippen LogP contribution is -2.43. The number of sulfone groups is 1. The molecule has 0 amide bonds. The Morgan fingerprint density at radius 1 is 1.21 bits per heavy atom. The largest absolute Gasteiger partial charge is 0.350 e. The van der Waals surface area contributed by atoms with Crippen molar-refractivity contribution in [3.05, 3.63) is 57.9 Å². The number of aryl methyl sites for hydroxylation is 1. The number of rotatable bonds is 7. The van der Waals surface area contributed by atoms with E-state index in [4.69, 9.17) is 0 Å². The summed E-state index contributed by atoms with van der Waals surface area (Å²) in [4.78, 5) is 21.0. The first kappa shape index (κ1) is 20.0. The summed E-state index contributed by atoms with van der Waals surface area (Å²) in [7, 11) is -3.00. The van der Waals surface area contributed by atoms with Crippen molar-refractivity contribution in [2.45, 2.75) is 31.2 Å². The number of hydrogen-bond acceptors (Lipinski definition) is 6. The van der Waals surface area contributed by atoms with Crippen molar-refractivity contribution in [3.63, 3.8) is 0 Å². The predicted octanol–water partition coefficient (Wildman–Crippen LogP) is 1.22. The molecule has 1 aromatic carbocycles. The van der Waals surface area contributed by atoms with Crippen LogP contribution in [0.5, 0.6) is 0 Å². The van der Waals surface area contributed by atoms with Gasteiger partial charge in [0.15, 0.2) is 15.7 Å². The molecule has 7 nitrogen and oxygen atoms in total. The quantitative estimate of drug-likeness (QED) is 0.654. The van der Waals surface area contributed by atoms with Crippen LogP contribution in [0.3, 0.4) is 0 Å². The highest BCUT2D eigenvalue weighted by Gasteiger charge is 2.37. The molecule has 1 aliphatic carbocycles. The molecule has 2 aromatic rings. The minimum absolute atomic E-state index is 0.0544. The van der Waals surface area contributed by atoms with Crippen LogP contribution in [0.2, 0.25) is 0 Å². The monoisotopic (exact) mass is 420 g/mol. The first-order valence-electron chi connectivity index (χ1n) is 9.94. The molecular weight excluding hydrogens is 395 g/mol. The van der Waals surface area contributed by atoms with Crippen molar-refractivity contribution >= 4 is 15.7 Å². The zero-order chi connectivity index (χ0) is 20.4. The molecule has 1 saturated carbocycles. The summed E-state index contributed by atoms with van der Waals surface area (Å²) in [5.74, 6) is 0.656. The van der Waals surface area contributed by atoms with Crippen molar-refractivity contribution < 1.29 is 12.8 Å². The second kappa shape index (κ2) is 8.23. The number of anilines is 1. The van der Waals surface area contributed by atoms with Gasteiger partial charge in [-0.15, -0.1) is 0 Å². The van der Waals surface area contributed by atoms with Gasteiger partial charge in [0.05, 0.1) is 17.2 Å². The van der Waals surface area contributed by atoms with Gasteiger partial charge in [-0.25, -0.2) is 17.8 Å². The third-order valence-corrected chi connectivity index (χ3v) is 7.18. The minimum Gasteiger partial charge on any atom is -0.350 e. The summed E-state index contributed by atoms with van der Waals surface area (Å²) in [6, 6.07) is 7.12. The number of halogens is 1. The molecule has 1 aromatic heterocycles. The summed E-state index contributed by atoms with van der Waals surface area (Å²) in [5, 5.41) is 3.52. The SMILES string of the molecule is O=c1[nH]cc(CCCN[C@@H]2C[C@H]2c2ccc(F)cc2)nc1N1CCS(=O)(=O)CC1. The zero-order valence-electron chi connectivity index (χ0n) is 16.1. The molecule has 1 saturated heterocycles. The summed E-state index contributed by atoms with van der Waals surface area (Å²) in [5.41, 5.74) is 1.67. The molecule has 2 atom stereocenters. The van der Waals surface area contributed by atoms with Crippen LogP contribution in [0.1, 0.15) is 30.0 Å². The standard InChI is InChI=1S/C20H25FN4O3S/c21-15-5-3-14(4-6-15)17-12-18(17)22-7-1-2-16-13-23-20(26)19(24-16)25-8-10-29(27,28)11-9-25/h3-6,13,17-18,22H,1-2,7-12H2,(H,23,26)/t17-,18+/m0/s1. The second-order valence-electron chi connectivity index (χ2n) is 7.74. The molecule has 2 N–H and O–H groups in total. The normalized spacial score (nSPS) is 23.1. The van der Waals surface area contributed by atoms with Crippen molar-refractivity contribution in [1.82, 2.24) is 15.3 Å². The lowest BCUT2D eigenvalue weighted by atomic mass is 10.1. The van der Waals surface area contributed by atoms with Crippen molar-refractivity contribution in [2.75, 3.05) is 36.0 Å². The third-order valence-electron chi connectivity index (χ3n) is 5.57. The Hall–Kier alpha value is -2.26. The van der Waals surface area contributed by atoms with Gasteiger partial charge in [-0.3, -0.25) is 4.79 Å². The number of hydrogen-bond donors (Lipinski definition) is 2. The fraction of sp³-hybridized carbons (Fsp3) is 0.500. The molecule has 1 aliphatic heterocycles. The van der Waals surface area contributed by atoms with Crippen LogP contribution in [0.4, 0.5) is 10.2 Å². The Labute approximate surface area is 169 Å². The van der Waals surface area contributed by atoms with Gasteiger partial charge in [-0.1, -0.05) is 12.1 Å². The van der Waals surface area contributed by atoms with E-state index in [0.29, 0.717) is 30.9 Å². The van der Waals surface area contributed by atoms with Gasteiger partial charge in [0.2, 0.25) is 0 Å². The van der Waals surface area contributed by atoms with E-state index < -0.39 is 9.84 Å². The van der Waals surface area contributed by atoms with Gasteiger partial charge in [0.1, 0.15) is 5.82 Å². The van der Waals surface area contributed by atoms with Crippen molar-refractivity contribution in [2.24, 2.45) is 0 Å². The maximum absolute atomic E-state index is 13.0. The van der Waals surface area contributed by atoms with E-state index in [9.17, 15) is 17.6 Å². The van der Waals surface area contributed by atoms with E-state index in [0.717, 1.165) is 31.5 Å². The van der Waals surface area contributed by atoms with Crippen LogP contribution in [0.15, 0.2) is 35.3 Å². The summed E-state index contributed by atoms with van der Waals surface area (Å²) in [6.07, 6.45) is 4.28. The minimum atomic E-state index is -3.00. The number of H-pyrrole nitrogens is 1. The molecule has 2 heterocycles. The average Bonchev–Trinajstić information content (AvgIpc) is 3.47. The first-order valence-corrected chi connectivity index (χ1v) is 11.8. The third kappa shape index (κ3) is 5.02. The number of nitrogens with zero attached hydrogens (tertiary/aromatic N) is 2. The van der Waals surface area contributed by atoms with Crippen molar-refractivity contribution in [3.8, 4) is 0 Å². The summed E-state index contributed by atoms with van der Waals surface area (Å²) in [6.45, 7) is 1.44. The molecule has 2 aliphatic rings. The van der Waals surface area contributed by atoms with Gasteiger partial charge < -0.3 is 15.2 Å². The van der Waals surface area contributed by atoms with Crippen molar-refractivity contribution in [1.29, 1.82) is 0 Å². The fourth-order valence-electron chi connectivity index (χ4n) is 3.76. The van der Waals surface area contributed by atoms with Gasteiger partial charge in [-0.2, -0.15) is 0 Å². The van der Waals surface area contributed by atoms with Gasteiger partial charge in [0.25, 0.3) is 5.56 Å². The topological polar surface area (TPSA) is 95.2 Å². The number of aromatic nitrogens is 2. The fourth-order valence-corrected chi connectivity index (χ4v) is 4.96. The van der Waals surface area contributed by atoms with Crippen LogP contribution >= 0.6 is 0 Å². The Bertz CT molecular complexity index is 1010. The highest BCUT2D eigenvalue weighted by molar-refractivity contribution is 7.91. The molecule has 2 fully saturated rings. The molecule has 4 rings (SSSR count). The molecule has 0 unspecified atom stereocenters. The van der Waals surface area contributed by atoms with Crippen LogP contribution < -0.4 is 15.8 Å². The molecule has 29 heavy (non-hydrogen) atoms. The molecule has 0 spiro atoms. The Balaban J connectivity index is 1.25. The average molecular weight is 421 g/mol. The van der Waals surface area contributed by atoms with Crippen LogP contribution in [0.25, 0.3) is 0 Å². The number of nitrogens with one attached hydrogen (secondary N) is 2. The first-order chi connectivity index (χ1) is 13.9. The maximum Gasteiger partial charge on any atom is 0.290 e. The Kier molecular flexibility index (Phi) is 5.69. The van der Waals surface area contributed by atoms with E-state index in [1.165, 1.54) is 17.7 Å². The lowest BCUT2D eigenvalue weighted by Gasteiger charge is -2.27. The van der Waals surface area contributed by atoms with E-state index in [1.54, 1.807) is 11.1 Å². The Morgan fingerprint density at radius 2 is 1.93 bits per heavy atom. The number of aromatic amines is 1. The molecule has 0 bridgehead atoms. The molecular formula is C20H25FN4O3S. The van der Waals surface area contributed by atoms with Crippen LogP contribution in [-0.4, -0.2) is 55.6 Å². The number of benzene rings is 1. The molecule has 9 heteroatoms. The van der Waals surface area contributed by atoms with E-state index in [1.807, 2.05) is 12.1 Å². The molecule has 0 radical (unpaired) electrons.